The van der Waals surface area contributed by atoms with Crippen LogP contribution in [0.1, 0.15) is 5.56 Å². The third kappa shape index (κ3) is 4.17. The van der Waals surface area contributed by atoms with Crippen LogP contribution in [-0.4, -0.2) is 26.1 Å². The molecule has 0 spiro atoms. The average molecular weight is 232 g/mol. The van der Waals surface area contributed by atoms with Crippen molar-refractivity contribution in [1.29, 1.82) is 0 Å². The maximum Gasteiger partial charge on any atom is 0.238 e. The summed E-state index contributed by atoms with van der Waals surface area (Å²) in [5.41, 5.74) is 1.73. The zero-order valence-electron chi connectivity index (χ0n) is 10.0. The van der Waals surface area contributed by atoms with E-state index in [1.165, 1.54) is 0 Å². The highest BCUT2D eigenvalue weighted by Gasteiger charge is 2.06. The van der Waals surface area contributed by atoms with Crippen molar-refractivity contribution in [3.63, 3.8) is 0 Å². The molecule has 1 aromatic carbocycles. The number of benzene rings is 1. The van der Waals surface area contributed by atoms with Gasteiger partial charge in [-0.25, -0.2) is 0 Å². The summed E-state index contributed by atoms with van der Waals surface area (Å²) in [6.45, 7) is 2.52. The van der Waals surface area contributed by atoms with Crippen molar-refractivity contribution in [1.82, 2.24) is 5.32 Å². The minimum absolute atomic E-state index is 0.151. The first-order chi connectivity index (χ1) is 8.17. The maximum atomic E-state index is 11.5. The van der Waals surface area contributed by atoms with E-state index in [0.717, 1.165) is 5.56 Å². The van der Waals surface area contributed by atoms with Gasteiger partial charge in [0.1, 0.15) is 5.75 Å². The van der Waals surface area contributed by atoms with E-state index < -0.39 is 0 Å². The highest BCUT2D eigenvalue weighted by atomic mass is 16.5. The van der Waals surface area contributed by atoms with Gasteiger partial charge in [0.2, 0.25) is 5.91 Å². The van der Waals surface area contributed by atoms with E-state index in [4.69, 9.17) is 11.2 Å². The number of anilines is 1. The number of amides is 1. The summed E-state index contributed by atoms with van der Waals surface area (Å²) in [4.78, 5) is 11.5. The highest BCUT2D eigenvalue weighted by Crippen LogP contribution is 2.24. The molecule has 0 bridgehead atoms. The third-order valence-electron chi connectivity index (χ3n) is 2.14. The van der Waals surface area contributed by atoms with E-state index >= 15 is 0 Å². The fourth-order valence-corrected chi connectivity index (χ4v) is 1.34. The molecule has 0 fully saturated rings. The Labute approximate surface area is 101 Å². The van der Waals surface area contributed by atoms with Gasteiger partial charge in [-0.2, -0.15) is 0 Å². The number of carbonyl (C=O) groups excluding carboxylic acids is 1. The molecule has 0 aromatic heterocycles. The van der Waals surface area contributed by atoms with E-state index in [9.17, 15) is 4.79 Å². The second-order valence-corrected chi connectivity index (χ2v) is 3.56. The topological polar surface area (TPSA) is 50.4 Å². The molecular weight excluding hydrogens is 216 g/mol. The van der Waals surface area contributed by atoms with Crippen LogP contribution in [0.2, 0.25) is 0 Å². The largest absolute Gasteiger partial charge is 0.495 e. The van der Waals surface area contributed by atoms with Crippen molar-refractivity contribution in [2.75, 3.05) is 25.5 Å². The molecule has 1 aromatic rings. The van der Waals surface area contributed by atoms with Gasteiger partial charge in [0.25, 0.3) is 0 Å². The van der Waals surface area contributed by atoms with Crippen molar-refractivity contribution in [2.24, 2.45) is 0 Å². The molecule has 4 heteroatoms. The predicted octanol–water partition coefficient (Wildman–Crippen LogP) is 1.16. The molecule has 0 atom stereocenters. The van der Waals surface area contributed by atoms with Gasteiger partial charge >= 0.3 is 0 Å². The van der Waals surface area contributed by atoms with E-state index in [1.54, 1.807) is 7.11 Å². The van der Waals surface area contributed by atoms with Gasteiger partial charge in [0.05, 0.1) is 25.9 Å². The lowest BCUT2D eigenvalue weighted by Gasteiger charge is -2.10. The number of rotatable bonds is 5. The van der Waals surface area contributed by atoms with E-state index in [1.807, 2.05) is 25.1 Å². The van der Waals surface area contributed by atoms with E-state index in [-0.39, 0.29) is 12.5 Å². The zero-order valence-corrected chi connectivity index (χ0v) is 10.0. The summed E-state index contributed by atoms with van der Waals surface area (Å²) in [5, 5.41) is 5.57. The quantitative estimate of drug-likeness (QED) is 0.592. The van der Waals surface area contributed by atoms with Gasteiger partial charge in [-0.1, -0.05) is 12.0 Å². The molecule has 1 rings (SSSR count). The summed E-state index contributed by atoms with van der Waals surface area (Å²) >= 11 is 0. The molecular formula is C13H16N2O2. The number of hydrogen-bond donors (Lipinski definition) is 2. The fraction of sp³-hybridized carbons (Fsp3) is 0.308. The second kappa shape index (κ2) is 6.56. The molecule has 90 valence electrons. The monoisotopic (exact) mass is 232 g/mol. The fourth-order valence-electron chi connectivity index (χ4n) is 1.34. The number of aryl methyl sites for hydroxylation is 1. The SMILES string of the molecule is C#CCNCC(=O)Nc1ccc(C)cc1OC. The van der Waals surface area contributed by atoms with Crippen LogP contribution in [0, 0.1) is 19.3 Å². The first-order valence-corrected chi connectivity index (χ1v) is 5.26. The Balaban J connectivity index is 2.62. The normalized spacial score (nSPS) is 9.47. The average Bonchev–Trinajstić information content (AvgIpc) is 2.32. The number of methoxy groups -OCH3 is 1. The van der Waals surface area contributed by atoms with Crippen LogP contribution in [0.15, 0.2) is 18.2 Å². The zero-order chi connectivity index (χ0) is 12.7. The molecule has 0 aliphatic rings. The van der Waals surface area contributed by atoms with Gasteiger partial charge < -0.3 is 10.1 Å². The molecule has 17 heavy (non-hydrogen) atoms. The number of ether oxygens (including phenoxy) is 1. The van der Waals surface area contributed by atoms with Crippen LogP contribution in [0.4, 0.5) is 5.69 Å². The standard InChI is InChI=1S/C13H16N2O2/c1-4-7-14-9-13(16)15-11-6-5-10(2)8-12(11)17-3/h1,5-6,8,14H,7,9H2,2-3H3,(H,15,16). The Kier molecular flexibility index (Phi) is 5.05. The molecule has 0 aliphatic carbocycles. The Morgan fingerprint density at radius 2 is 2.29 bits per heavy atom. The Hall–Kier alpha value is -1.99. The Bertz CT molecular complexity index is 436. The smallest absolute Gasteiger partial charge is 0.238 e. The molecule has 0 heterocycles. The van der Waals surface area contributed by atoms with Crippen molar-refractivity contribution >= 4 is 11.6 Å². The summed E-state index contributed by atoms with van der Waals surface area (Å²) in [7, 11) is 1.57. The summed E-state index contributed by atoms with van der Waals surface area (Å²) in [6.07, 6.45) is 5.07. The minimum atomic E-state index is -0.151. The molecule has 0 saturated heterocycles. The van der Waals surface area contributed by atoms with Gasteiger partial charge in [-0.3, -0.25) is 10.1 Å². The molecule has 2 N–H and O–H groups in total. The van der Waals surface area contributed by atoms with E-state index in [0.29, 0.717) is 18.0 Å². The summed E-state index contributed by atoms with van der Waals surface area (Å²) < 4.78 is 5.19. The first kappa shape index (κ1) is 13.1. The van der Waals surface area contributed by atoms with Crippen molar-refractivity contribution < 1.29 is 9.53 Å². The van der Waals surface area contributed by atoms with Crippen LogP contribution < -0.4 is 15.4 Å². The lowest BCUT2D eigenvalue weighted by molar-refractivity contribution is -0.115. The molecule has 0 aliphatic heterocycles. The van der Waals surface area contributed by atoms with Crippen LogP contribution >= 0.6 is 0 Å². The summed E-state index contributed by atoms with van der Waals surface area (Å²) in [6, 6.07) is 5.59. The van der Waals surface area contributed by atoms with Gasteiger partial charge in [-0.15, -0.1) is 6.42 Å². The van der Waals surface area contributed by atoms with Gasteiger partial charge in [-0.05, 0) is 24.6 Å². The Morgan fingerprint density at radius 3 is 2.94 bits per heavy atom. The molecule has 1 amide bonds. The predicted molar refractivity (Wildman–Crippen MR) is 68.1 cm³/mol. The molecule has 0 saturated carbocycles. The second-order valence-electron chi connectivity index (χ2n) is 3.56. The molecule has 0 unspecified atom stereocenters. The van der Waals surface area contributed by atoms with Crippen molar-refractivity contribution in [3.8, 4) is 18.1 Å². The number of hydrogen-bond acceptors (Lipinski definition) is 3. The maximum absolute atomic E-state index is 11.5. The lowest BCUT2D eigenvalue weighted by atomic mass is 10.2. The number of terminal acetylenes is 1. The van der Waals surface area contributed by atoms with Crippen molar-refractivity contribution in [2.45, 2.75) is 6.92 Å². The van der Waals surface area contributed by atoms with Crippen LogP contribution in [-0.2, 0) is 4.79 Å². The lowest BCUT2D eigenvalue weighted by Crippen LogP contribution is -2.28. The number of carbonyl (C=O) groups is 1. The van der Waals surface area contributed by atoms with E-state index in [2.05, 4.69) is 16.6 Å². The minimum Gasteiger partial charge on any atom is -0.495 e. The summed E-state index contributed by atoms with van der Waals surface area (Å²) in [5.74, 6) is 2.90. The number of nitrogens with one attached hydrogen (secondary N) is 2. The van der Waals surface area contributed by atoms with Crippen LogP contribution in [0.25, 0.3) is 0 Å². The first-order valence-electron chi connectivity index (χ1n) is 5.26. The highest BCUT2D eigenvalue weighted by molar-refractivity contribution is 5.93. The van der Waals surface area contributed by atoms with Crippen LogP contribution in [0.3, 0.4) is 0 Å². The third-order valence-corrected chi connectivity index (χ3v) is 2.14. The van der Waals surface area contributed by atoms with Crippen molar-refractivity contribution in [3.05, 3.63) is 23.8 Å². The molecule has 0 radical (unpaired) electrons. The van der Waals surface area contributed by atoms with Gasteiger partial charge in [0, 0.05) is 0 Å². The van der Waals surface area contributed by atoms with Gasteiger partial charge in [0.15, 0.2) is 0 Å². The Morgan fingerprint density at radius 1 is 1.53 bits per heavy atom. The van der Waals surface area contributed by atoms with Crippen LogP contribution in [0.5, 0.6) is 5.75 Å². The molecule has 4 nitrogen and oxygen atoms in total.